The van der Waals surface area contributed by atoms with Crippen LogP contribution >= 0.6 is 0 Å². The van der Waals surface area contributed by atoms with Gasteiger partial charge in [0, 0.05) is 43.8 Å². The number of ketones is 1. The fraction of sp³-hybridized carbons (Fsp3) is 0.125. The topological polar surface area (TPSA) is 33.2 Å². The molecule has 0 aliphatic carbocycles. The molecular weight excluding hydrogens is 255 g/mol. The van der Waals surface area contributed by atoms with Crippen molar-refractivity contribution in [2.24, 2.45) is 0 Å². The van der Waals surface area contributed by atoms with Crippen molar-refractivity contribution in [2.45, 2.75) is 0 Å². The van der Waals surface area contributed by atoms with Gasteiger partial charge < -0.3 is 4.90 Å². The molecule has 1 heterocycles. The monoisotopic (exact) mass is 270 g/mol. The van der Waals surface area contributed by atoms with Gasteiger partial charge in [-0.25, -0.2) is 4.39 Å². The van der Waals surface area contributed by atoms with Crippen molar-refractivity contribution < 1.29 is 9.18 Å². The maximum absolute atomic E-state index is 13.0. The number of pyridine rings is 1. The quantitative estimate of drug-likeness (QED) is 0.632. The Balaban J connectivity index is 2.44. The lowest BCUT2D eigenvalue weighted by Gasteiger charge is -2.12. The van der Waals surface area contributed by atoms with E-state index in [4.69, 9.17) is 0 Å². The Hall–Kier alpha value is -2.49. The molecule has 1 aromatic carbocycles. The van der Waals surface area contributed by atoms with Gasteiger partial charge in [-0.05, 0) is 29.8 Å². The van der Waals surface area contributed by atoms with E-state index in [-0.39, 0.29) is 11.6 Å². The highest BCUT2D eigenvalue weighted by atomic mass is 19.1. The number of halogens is 1. The molecule has 0 unspecified atom stereocenters. The molecule has 0 saturated carbocycles. The molecule has 0 N–H and O–H groups in total. The van der Waals surface area contributed by atoms with E-state index in [0.717, 1.165) is 0 Å². The molecule has 4 heteroatoms. The van der Waals surface area contributed by atoms with Crippen LogP contribution in [0.1, 0.15) is 15.9 Å². The van der Waals surface area contributed by atoms with Gasteiger partial charge in [0.05, 0.1) is 0 Å². The summed E-state index contributed by atoms with van der Waals surface area (Å²) < 4.78 is 13.0. The first-order valence-corrected chi connectivity index (χ1v) is 6.17. The third-order valence-electron chi connectivity index (χ3n) is 2.73. The molecular formula is C16H15FN2O. The SMILES string of the molecule is CN(C)/C=C(\C(=O)c1ccncc1)c1ccc(F)cc1. The van der Waals surface area contributed by atoms with E-state index in [1.54, 1.807) is 47.8 Å². The van der Waals surface area contributed by atoms with Crippen molar-refractivity contribution in [3.63, 3.8) is 0 Å². The normalized spacial score (nSPS) is 11.2. The van der Waals surface area contributed by atoms with Crippen LogP contribution in [0.3, 0.4) is 0 Å². The van der Waals surface area contributed by atoms with Crippen LogP contribution in [0.4, 0.5) is 4.39 Å². The zero-order valence-corrected chi connectivity index (χ0v) is 11.4. The smallest absolute Gasteiger partial charge is 0.195 e. The van der Waals surface area contributed by atoms with Crippen molar-refractivity contribution in [2.75, 3.05) is 14.1 Å². The van der Waals surface area contributed by atoms with Gasteiger partial charge >= 0.3 is 0 Å². The van der Waals surface area contributed by atoms with Crippen LogP contribution < -0.4 is 0 Å². The molecule has 20 heavy (non-hydrogen) atoms. The van der Waals surface area contributed by atoms with Crippen LogP contribution in [0.2, 0.25) is 0 Å². The van der Waals surface area contributed by atoms with Gasteiger partial charge in [0.2, 0.25) is 0 Å². The Morgan fingerprint density at radius 2 is 1.65 bits per heavy atom. The highest BCUT2D eigenvalue weighted by molar-refractivity contribution is 6.28. The molecule has 0 bridgehead atoms. The second-order valence-corrected chi connectivity index (χ2v) is 4.58. The summed E-state index contributed by atoms with van der Waals surface area (Å²) >= 11 is 0. The Bertz CT molecular complexity index is 619. The lowest BCUT2D eigenvalue weighted by Crippen LogP contribution is -2.09. The van der Waals surface area contributed by atoms with Gasteiger partial charge in [-0.3, -0.25) is 9.78 Å². The Kier molecular flexibility index (Phi) is 4.25. The first-order chi connectivity index (χ1) is 9.58. The molecule has 0 fully saturated rings. The van der Waals surface area contributed by atoms with Crippen LogP contribution in [0.15, 0.2) is 55.0 Å². The lowest BCUT2D eigenvalue weighted by molar-refractivity contribution is 0.105. The summed E-state index contributed by atoms with van der Waals surface area (Å²) in [5.41, 5.74) is 1.75. The molecule has 0 saturated heterocycles. The molecule has 0 aliphatic rings. The van der Waals surface area contributed by atoms with E-state index in [1.807, 2.05) is 14.1 Å². The van der Waals surface area contributed by atoms with Crippen molar-refractivity contribution in [1.82, 2.24) is 9.88 Å². The Morgan fingerprint density at radius 3 is 2.20 bits per heavy atom. The van der Waals surface area contributed by atoms with Crippen molar-refractivity contribution in [3.05, 3.63) is 71.9 Å². The molecule has 0 radical (unpaired) electrons. The minimum atomic E-state index is -0.325. The van der Waals surface area contributed by atoms with E-state index in [2.05, 4.69) is 4.98 Å². The number of aromatic nitrogens is 1. The molecule has 1 aromatic heterocycles. The molecule has 0 spiro atoms. The third kappa shape index (κ3) is 3.29. The van der Waals surface area contributed by atoms with Crippen LogP contribution in [0.25, 0.3) is 5.57 Å². The first kappa shape index (κ1) is 13.9. The number of carbonyl (C=O) groups excluding carboxylic acids is 1. The molecule has 0 aliphatic heterocycles. The summed E-state index contributed by atoms with van der Waals surface area (Å²) in [4.78, 5) is 18.2. The summed E-state index contributed by atoms with van der Waals surface area (Å²) in [5, 5.41) is 0. The van der Waals surface area contributed by atoms with Gasteiger partial charge in [0.1, 0.15) is 5.82 Å². The van der Waals surface area contributed by atoms with E-state index < -0.39 is 0 Å². The van der Waals surface area contributed by atoms with Crippen molar-refractivity contribution >= 4 is 11.4 Å². The van der Waals surface area contributed by atoms with Crippen LogP contribution in [0.5, 0.6) is 0 Å². The number of hydrogen-bond donors (Lipinski definition) is 0. The highest BCUT2D eigenvalue weighted by Gasteiger charge is 2.14. The number of rotatable bonds is 4. The summed E-state index contributed by atoms with van der Waals surface area (Å²) in [6.07, 6.45) is 4.88. The van der Waals surface area contributed by atoms with Gasteiger partial charge in [0.15, 0.2) is 5.78 Å². The number of carbonyl (C=O) groups is 1. The second kappa shape index (κ2) is 6.10. The fourth-order valence-electron chi connectivity index (χ4n) is 1.81. The Morgan fingerprint density at radius 1 is 1.05 bits per heavy atom. The average molecular weight is 270 g/mol. The van der Waals surface area contributed by atoms with E-state index in [1.165, 1.54) is 12.1 Å². The number of benzene rings is 1. The number of Topliss-reactive ketones (excluding diaryl/α,β-unsaturated/α-hetero) is 1. The van der Waals surface area contributed by atoms with Crippen LogP contribution in [-0.2, 0) is 0 Å². The van der Waals surface area contributed by atoms with Crippen LogP contribution in [0, 0.1) is 5.82 Å². The zero-order chi connectivity index (χ0) is 14.5. The van der Waals surface area contributed by atoms with Gasteiger partial charge in [-0.2, -0.15) is 0 Å². The minimum Gasteiger partial charge on any atom is -0.383 e. The molecule has 3 nitrogen and oxygen atoms in total. The molecule has 2 aromatic rings. The van der Waals surface area contributed by atoms with Gasteiger partial charge in [0.25, 0.3) is 0 Å². The van der Waals surface area contributed by atoms with E-state index in [9.17, 15) is 9.18 Å². The standard InChI is InChI=1S/C16H15FN2O/c1-19(2)11-15(12-3-5-14(17)6-4-12)16(20)13-7-9-18-10-8-13/h3-11H,1-2H3/b15-11-. The Labute approximate surface area is 117 Å². The van der Waals surface area contributed by atoms with E-state index in [0.29, 0.717) is 16.7 Å². The fourth-order valence-corrected chi connectivity index (χ4v) is 1.81. The number of nitrogens with zero attached hydrogens (tertiary/aromatic N) is 2. The van der Waals surface area contributed by atoms with Gasteiger partial charge in [-0.1, -0.05) is 12.1 Å². The van der Waals surface area contributed by atoms with Crippen LogP contribution in [-0.4, -0.2) is 29.8 Å². The average Bonchev–Trinajstić information content (AvgIpc) is 2.46. The molecule has 0 amide bonds. The maximum atomic E-state index is 13.0. The largest absolute Gasteiger partial charge is 0.383 e. The molecule has 102 valence electrons. The van der Waals surface area contributed by atoms with Crippen molar-refractivity contribution in [1.29, 1.82) is 0 Å². The third-order valence-corrected chi connectivity index (χ3v) is 2.73. The molecule has 0 atom stereocenters. The summed E-state index contributed by atoms with van der Waals surface area (Å²) in [6, 6.07) is 9.22. The van der Waals surface area contributed by atoms with Crippen molar-refractivity contribution in [3.8, 4) is 0 Å². The lowest BCUT2D eigenvalue weighted by atomic mass is 9.98. The van der Waals surface area contributed by atoms with Gasteiger partial charge in [-0.15, -0.1) is 0 Å². The highest BCUT2D eigenvalue weighted by Crippen LogP contribution is 2.20. The first-order valence-electron chi connectivity index (χ1n) is 6.17. The number of allylic oxidation sites excluding steroid dienone is 1. The molecule has 2 rings (SSSR count). The predicted octanol–water partition coefficient (Wildman–Crippen LogP) is 3.01. The second-order valence-electron chi connectivity index (χ2n) is 4.58. The predicted molar refractivity (Wildman–Crippen MR) is 76.6 cm³/mol. The number of hydrogen-bond acceptors (Lipinski definition) is 3. The minimum absolute atomic E-state index is 0.118. The maximum Gasteiger partial charge on any atom is 0.195 e. The summed E-state index contributed by atoms with van der Waals surface area (Å²) in [5.74, 6) is -0.443. The zero-order valence-electron chi connectivity index (χ0n) is 11.4. The summed E-state index contributed by atoms with van der Waals surface area (Å²) in [7, 11) is 3.67. The summed E-state index contributed by atoms with van der Waals surface area (Å²) in [6.45, 7) is 0. The van der Waals surface area contributed by atoms with E-state index >= 15 is 0 Å².